The van der Waals surface area contributed by atoms with Gasteiger partial charge >= 0.3 is 6.18 Å². The first-order valence-corrected chi connectivity index (χ1v) is 7.31. The quantitative estimate of drug-likeness (QED) is 0.848. The van der Waals surface area contributed by atoms with Crippen molar-refractivity contribution in [2.75, 3.05) is 6.61 Å². The van der Waals surface area contributed by atoms with Crippen molar-refractivity contribution in [3.8, 4) is 0 Å². The molecule has 1 aliphatic heterocycles. The number of ether oxygens (including phenoxy) is 1. The highest BCUT2D eigenvalue weighted by atomic mass is 19.4. The van der Waals surface area contributed by atoms with Gasteiger partial charge in [0.1, 0.15) is 17.7 Å². The number of carbonyl (C=O) groups is 1. The summed E-state index contributed by atoms with van der Waals surface area (Å²) in [4.78, 5) is 12.2. The predicted molar refractivity (Wildman–Crippen MR) is 77.7 cm³/mol. The highest BCUT2D eigenvalue weighted by molar-refractivity contribution is 5.96. The first-order valence-electron chi connectivity index (χ1n) is 7.31. The number of halogens is 5. The van der Waals surface area contributed by atoms with Crippen LogP contribution in [0, 0.1) is 11.6 Å². The van der Waals surface area contributed by atoms with Crippen molar-refractivity contribution in [1.82, 2.24) is 5.32 Å². The Hall–Kier alpha value is -2.48. The average Bonchev–Trinajstić information content (AvgIpc) is 2.53. The number of alkyl halides is 3. The summed E-state index contributed by atoms with van der Waals surface area (Å²) in [6.45, 7) is 0.0153. The predicted octanol–water partition coefficient (Wildman–Crippen LogP) is 3.85. The normalized spacial score (nSPS) is 20.0. The summed E-state index contributed by atoms with van der Waals surface area (Å²) in [5.74, 6) is -2.55. The standard InChI is InChI=1S/C17H12F5NO2/c18-9-5-6-11(13(19)7-9)15-14(8-25-15)23-16(24)10-3-1-2-4-12(10)17(20,21)22/h1-7,14-15H,8H2,(H,23,24). The molecule has 0 aromatic heterocycles. The zero-order chi connectivity index (χ0) is 18.2. The summed E-state index contributed by atoms with van der Waals surface area (Å²) in [5, 5.41) is 2.41. The minimum Gasteiger partial charge on any atom is -0.369 e. The molecular formula is C17H12F5NO2. The van der Waals surface area contributed by atoms with Crippen molar-refractivity contribution in [2.24, 2.45) is 0 Å². The fraction of sp³-hybridized carbons (Fsp3) is 0.235. The van der Waals surface area contributed by atoms with Crippen LogP contribution in [0.2, 0.25) is 0 Å². The van der Waals surface area contributed by atoms with Crippen molar-refractivity contribution >= 4 is 5.91 Å². The highest BCUT2D eigenvalue weighted by Gasteiger charge is 2.39. The number of amides is 1. The third kappa shape index (κ3) is 3.48. The van der Waals surface area contributed by atoms with Crippen LogP contribution in [-0.2, 0) is 10.9 Å². The van der Waals surface area contributed by atoms with E-state index in [0.717, 1.165) is 18.2 Å². The van der Waals surface area contributed by atoms with Crippen molar-refractivity contribution in [2.45, 2.75) is 18.3 Å². The van der Waals surface area contributed by atoms with Crippen LogP contribution in [0.1, 0.15) is 27.6 Å². The van der Waals surface area contributed by atoms with E-state index in [9.17, 15) is 26.7 Å². The summed E-state index contributed by atoms with van der Waals surface area (Å²) < 4.78 is 70.9. The van der Waals surface area contributed by atoms with Gasteiger partial charge in [-0.3, -0.25) is 4.79 Å². The molecule has 25 heavy (non-hydrogen) atoms. The maximum absolute atomic E-state index is 13.8. The summed E-state index contributed by atoms with van der Waals surface area (Å²) in [5.41, 5.74) is -1.56. The zero-order valence-electron chi connectivity index (χ0n) is 12.6. The molecule has 3 rings (SSSR count). The second-order valence-corrected chi connectivity index (χ2v) is 5.54. The maximum atomic E-state index is 13.8. The SMILES string of the molecule is O=C(NC1COC1c1ccc(F)cc1F)c1ccccc1C(F)(F)F. The minimum absolute atomic E-state index is 0.0153. The lowest BCUT2D eigenvalue weighted by molar-refractivity contribution is -0.138. The summed E-state index contributed by atoms with van der Waals surface area (Å²) in [7, 11) is 0. The average molecular weight is 357 g/mol. The summed E-state index contributed by atoms with van der Waals surface area (Å²) >= 11 is 0. The van der Waals surface area contributed by atoms with Gasteiger partial charge < -0.3 is 10.1 Å². The van der Waals surface area contributed by atoms with Crippen LogP contribution in [-0.4, -0.2) is 18.6 Å². The van der Waals surface area contributed by atoms with Crippen LogP contribution in [0.5, 0.6) is 0 Å². The lowest BCUT2D eigenvalue weighted by atomic mass is 9.96. The molecule has 1 fully saturated rings. The summed E-state index contributed by atoms with van der Waals surface area (Å²) in [6, 6.07) is 6.55. The molecule has 1 N–H and O–H groups in total. The van der Waals surface area contributed by atoms with Gasteiger partial charge in [-0.15, -0.1) is 0 Å². The van der Waals surface area contributed by atoms with Crippen LogP contribution in [0.15, 0.2) is 42.5 Å². The van der Waals surface area contributed by atoms with E-state index in [4.69, 9.17) is 4.74 Å². The van der Waals surface area contributed by atoms with E-state index in [1.807, 2.05) is 0 Å². The molecule has 3 nitrogen and oxygen atoms in total. The van der Waals surface area contributed by atoms with Gasteiger partial charge in [0.15, 0.2) is 0 Å². The number of carbonyl (C=O) groups excluding carboxylic acids is 1. The van der Waals surface area contributed by atoms with Gasteiger partial charge in [0.2, 0.25) is 0 Å². The van der Waals surface area contributed by atoms with E-state index < -0.39 is 47.0 Å². The molecule has 0 bridgehead atoms. The van der Waals surface area contributed by atoms with E-state index in [2.05, 4.69) is 5.32 Å². The van der Waals surface area contributed by atoms with Crippen LogP contribution in [0.25, 0.3) is 0 Å². The highest BCUT2D eigenvalue weighted by Crippen LogP contribution is 2.34. The molecule has 8 heteroatoms. The Morgan fingerprint density at radius 2 is 1.84 bits per heavy atom. The van der Waals surface area contributed by atoms with E-state index in [-0.39, 0.29) is 12.2 Å². The molecule has 2 aromatic rings. The van der Waals surface area contributed by atoms with Crippen molar-refractivity contribution in [1.29, 1.82) is 0 Å². The first kappa shape index (κ1) is 17.3. The monoisotopic (exact) mass is 357 g/mol. The second-order valence-electron chi connectivity index (χ2n) is 5.54. The van der Waals surface area contributed by atoms with Crippen LogP contribution in [0.3, 0.4) is 0 Å². The van der Waals surface area contributed by atoms with Gasteiger partial charge in [0.05, 0.1) is 23.8 Å². The lowest BCUT2D eigenvalue weighted by Gasteiger charge is -2.37. The molecule has 0 aliphatic carbocycles. The molecule has 2 atom stereocenters. The molecule has 1 aliphatic rings. The van der Waals surface area contributed by atoms with Gasteiger partial charge in [-0.1, -0.05) is 18.2 Å². The topological polar surface area (TPSA) is 38.3 Å². The van der Waals surface area contributed by atoms with E-state index in [1.54, 1.807) is 0 Å². The summed E-state index contributed by atoms with van der Waals surface area (Å²) in [6.07, 6.45) is -5.56. The number of rotatable bonds is 3. The Balaban J connectivity index is 1.78. The molecule has 132 valence electrons. The Morgan fingerprint density at radius 1 is 1.12 bits per heavy atom. The third-order valence-electron chi connectivity index (χ3n) is 3.88. The number of hydrogen-bond acceptors (Lipinski definition) is 2. The number of nitrogens with one attached hydrogen (secondary N) is 1. The molecule has 1 amide bonds. The molecule has 2 aromatic carbocycles. The van der Waals surface area contributed by atoms with Gasteiger partial charge in [0.25, 0.3) is 5.91 Å². The van der Waals surface area contributed by atoms with Gasteiger partial charge in [-0.05, 0) is 18.2 Å². The van der Waals surface area contributed by atoms with Crippen molar-refractivity contribution in [3.05, 3.63) is 70.8 Å². The fourth-order valence-corrected chi connectivity index (χ4v) is 2.62. The van der Waals surface area contributed by atoms with E-state index in [1.165, 1.54) is 18.2 Å². The molecule has 1 heterocycles. The third-order valence-corrected chi connectivity index (χ3v) is 3.88. The van der Waals surface area contributed by atoms with Crippen LogP contribution >= 0.6 is 0 Å². The van der Waals surface area contributed by atoms with Crippen molar-refractivity contribution < 1.29 is 31.5 Å². The van der Waals surface area contributed by atoms with Crippen LogP contribution < -0.4 is 5.32 Å². The number of hydrogen-bond donors (Lipinski definition) is 1. The minimum atomic E-state index is -4.67. The largest absolute Gasteiger partial charge is 0.417 e. The molecule has 2 unspecified atom stereocenters. The second kappa shape index (κ2) is 6.44. The Morgan fingerprint density at radius 3 is 2.44 bits per heavy atom. The first-order chi connectivity index (χ1) is 11.8. The molecule has 0 spiro atoms. The molecule has 0 saturated carbocycles. The van der Waals surface area contributed by atoms with Crippen LogP contribution in [0.4, 0.5) is 22.0 Å². The van der Waals surface area contributed by atoms with Gasteiger partial charge in [-0.25, -0.2) is 8.78 Å². The maximum Gasteiger partial charge on any atom is 0.417 e. The lowest BCUT2D eigenvalue weighted by Crippen LogP contribution is -2.51. The Kier molecular flexibility index (Phi) is 4.47. The van der Waals surface area contributed by atoms with E-state index in [0.29, 0.717) is 6.07 Å². The molecular weight excluding hydrogens is 345 g/mol. The smallest absolute Gasteiger partial charge is 0.369 e. The fourth-order valence-electron chi connectivity index (χ4n) is 2.62. The van der Waals surface area contributed by atoms with Crippen molar-refractivity contribution in [3.63, 3.8) is 0 Å². The molecule has 1 saturated heterocycles. The number of benzene rings is 2. The van der Waals surface area contributed by atoms with E-state index >= 15 is 0 Å². The van der Waals surface area contributed by atoms with Gasteiger partial charge in [0, 0.05) is 11.6 Å². The Bertz CT molecular complexity index is 806. The Labute approximate surface area is 139 Å². The van der Waals surface area contributed by atoms with Gasteiger partial charge in [-0.2, -0.15) is 13.2 Å². The molecule has 0 radical (unpaired) electrons. The zero-order valence-corrected chi connectivity index (χ0v) is 12.6.